The van der Waals surface area contributed by atoms with Crippen LogP contribution in [0.4, 0.5) is 0 Å². The lowest BCUT2D eigenvalue weighted by Crippen LogP contribution is -2.51. The molecule has 92 valence electrons. The minimum Gasteiger partial charge on any atom is -0.371 e. The number of morpholine rings is 1. The van der Waals surface area contributed by atoms with Crippen LogP contribution in [-0.2, 0) is 4.74 Å². The van der Waals surface area contributed by atoms with E-state index >= 15 is 0 Å². The van der Waals surface area contributed by atoms with E-state index in [4.69, 9.17) is 4.74 Å². The van der Waals surface area contributed by atoms with Gasteiger partial charge >= 0.3 is 0 Å². The summed E-state index contributed by atoms with van der Waals surface area (Å²) >= 11 is 0. The summed E-state index contributed by atoms with van der Waals surface area (Å²) in [5.41, 5.74) is 0.160. The smallest absolute Gasteiger partial charge is 0.0944 e. The van der Waals surface area contributed by atoms with Gasteiger partial charge in [-0.3, -0.25) is 0 Å². The zero-order valence-corrected chi connectivity index (χ0v) is 11.1. The topological polar surface area (TPSA) is 24.5 Å². The average molecular weight is 216 g/mol. The van der Waals surface area contributed by atoms with Gasteiger partial charge in [0, 0.05) is 26.2 Å². The van der Waals surface area contributed by atoms with E-state index in [9.17, 15) is 0 Å². The number of rotatable bonds is 0. The Morgan fingerprint density at radius 1 is 1.20 bits per heavy atom. The second-order valence-corrected chi connectivity index (χ2v) is 3.70. The first-order valence-electron chi connectivity index (χ1n) is 6.34. The molecular weight excluding hydrogens is 188 g/mol. The summed E-state index contributed by atoms with van der Waals surface area (Å²) in [4.78, 5) is 2.34. The van der Waals surface area contributed by atoms with E-state index in [0.717, 1.165) is 26.2 Å². The van der Waals surface area contributed by atoms with Gasteiger partial charge in [-0.15, -0.1) is 0 Å². The number of likely N-dealkylation sites (tertiary alicyclic amines) is 1. The van der Waals surface area contributed by atoms with Crippen LogP contribution in [0, 0.1) is 0 Å². The summed E-state index contributed by atoms with van der Waals surface area (Å²) in [7, 11) is 2.16. The Morgan fingerprint density at radius 2 is 1.87 bits per heavy atom. The van der Waals surface area contributed by atoms with Gasteiger partial charge in [-0.1, -0.05) is 27.7 Å². The predicted molar refractivity (Wildman–Crippen MR) is 66.4 cm³/mol. The molecule has 0 radical (unpaired) electrons. The Bertz CT molecular complexity index is 139. The van der Waals surface area contributed by atoms with Crippen molar-refractivity contribution >= 4 is 0 Å². The van der Waals surface area contributed by atoms with Gasteiger partial charge in [-0.2, -0.15) is 0 Å². The molecule has 3 heteroatoms. The summed E-state index contributed by atoms with van der Waals surface area (Å²) in [6.45, 7) is 13.2. The fraction of sp³-hybridized carbons (Fsp3) is 1.00. The van der Waals surface area contributed by atoms with Crippen LogP contribution >= 0.6 is 0 Å². The Labute approximate surface area is 95.2 Å². The molecule has 3 nitrogen and oxygen atoms in total. The van der Waals surface area contributed by atoms with Crippen molar-refractivity contribution in [3.8, 4) is 0 Å². The lowest BCUT2D eigenvalue weighted by Gasteiger charge is -2.33. The van der Waals surface area contributed by atoms with Crippen LogP contribution in [0.1, 0.15) is 34.1 Å². The highest BCUT2D eigenvalue weighted by Crippen LogP contribution is 2.24. The minimum atomic E-state index is 0.160. The Kier molecular flexibility index (Phi) is 8.02. The monoisotopic (exact) mass is 216 g/mol. The third-order valence-electron chi connectivity index (χ3n) is 2.64. The molecule has 1 N–H and O–H groups in total. The van der Waals surface area contributed by atoms with E-state index in [-0.39, 0.29) is 5.60 Å². The van der Waals surface area contributed by atoms with Crippen molar-refractivity contribution in [3.05, 3.63) is 0 Å². The van der Waals surface area contributed by atoms with Crippen LogP contribution in [0.3, 0.4) is 0 Å². The zero-order chi connectivity index (χ0) is 11.7. The van der Waals surface area contributed by atoms with Gasteiger partial charge in [0.05, 0.1) is 12.2 Å². The van der Waals surface area contributed by atoms with Gasteiger partial charge in [0.2, 0.25) is 0 Å². The van der Waals surface area contributed by atoms with Gasteiger partial charge in [-0.25, -0.2) is 0 Å². The molecule has 0 bridgehead atoms. The predicted octanol–water partition coefficient (Wildman–Crippen LogP) is 1.73. The van der Waals surface area contributed by atoms with Crippen molar-refractivity contribution in [2.24, 2.45) is 0 Å². The highest BCUT2D eigenvalue weighted by Gasteiger charge is 2.38. The maximum absolute atomic E-state index is 5.79. The molecule has 2 rings (SSSR count). The highest BCUT2D eigenvalue weighted by atomic mass is 16.5. The average Bonchev–Trinajstić information content (AvgIpc) is 2.66. The molecule has 0 aromatic rings. The number of hydrogen-bond donors (Lipinski definition) is 1. The van der Waals surface area contributed by atoms with Gasteiger partial charge in [0.1, 0.15) is 0 Å². The normalized spacial score (nSPS) is 30.2. The van der Waals surface area contributed by atoms with Crippen molar-refractivity contribution in [3.63, 3.8) is 0 Å². The van der Waals surface area contributed by atoms with Crippen molar-refractivity contribution in [2.45, 2.75) is 39.7 Å². The quantitative estimate of drug-likeness (QED) is 0.667. The van der Waals surface area contributed by atoms with Crippen LogP contribution in [0.25, 0.3) is 0 Å². The standard InChI is InChI=1S/C8H16N2O.2C2H6/c1-10-4-2-8(7-10)6-9-3-5-11-8;2*1-2/h9H,2-7H2,1H3;2*1-2H3. The van der Waals surface area contributed by atoms with Gasteiger partial charge in [0.15, 0.2) is 0 Å². The number of nitrogens with one attached hydrogen (secondary N) is 1. The molecule has 2 saturated heterocycles. The summed E-state index contributed by atoms with van der Waals surface area (Å²) < 4.78 is 5.79. The zero-order valence-electron chi connectivity index (χ0n) is 11.1. The summed E-state index contributed by atoms with van der Waals surface area (Å²) in [6.07, 6.45) is 1.19. The lowest BCUT2D eigenvalue weighted by molar-refractivity contribution is -0.0560. The third kappa shape index (κ3) is 4.49. The largest absolute Gasteiger partial charge is 0.371 e. The second kappa shape index (κ2) is 8.08. The fourth-order valence-corrected chi connectivity index (χ4v) is 2.01. The van der Waals surface area contributed by atoms with Gasteiger partial charge in [0.25, 0.3) is 0 Å². The van der Waals surface area contributed by atoms with E-state index in [1.807, 2.05) is 27.7 Å². The molecule has 1 spiro atoms. The summed E-state index contributed by atoms with van der Waals surface area (Å²) in [5, 5.41) is 3.39. The Balaban J connectivity index is 0.000000442. The SMILES string of the molecule is CC.CC.CN1CCC2(CNCCO2)C1. The molecule has 15 heavy (non-hydrogen) atoms. The van der Waals surface area contributed by atoms with E-state index in [1.54, 1.807) is 0 Å². The fourth-order valence-electron chi connectivity index (χ4n) is 2.01. The van der Waals surface area contributed by atoms with Crippen LogP contribution in [0.5, 0.6) is 0 Å². The van der Waals surface area contributed by atoms with E-state index < -0.39 is 0 Å². The van der Waals surface area contributed by atoms with Crippen molar-refractivity contribution in [1.29, 1.82) is 0 Å². The molecule has 0 aromatic heterocycles. The first kappa shape index (κ1) is 14.9. The number of ether oxygens (including phenoxy) is 1. The second-order valence-electron chi connectivity index (χ2n) is 3.70. The molecule has 2 aliphatic rings. The third-order valence-corrected chi connectivity index (χ3v) is 2.64. The molecule has 0 aliphatic carbocycles. The number of nitrogens with zero attached hydrogens (tertiary/aromatic N) is 1. The van der Waals surface area contributed by atoms with Crippen molar-refractivity contribution in [1.82, 2.24) is 10.2 Å². The molecule has 2 fully saturated rings. The van der Waals surface area contributed by atoms with Crippen molar-refractivity contribution in [2.75, 3.05) is 39.8 Å². The van der Waals surface area contributed by atoms with Crippen LogP contribution in [-0.4, -0.2) is 50.3 Å². The molecule has 0 saturated carbocycles. The molecule has 0 aromatic carbocycles. The maximum atomic E-state index is 5.79. The molecule has 0 amide bonds. The van der Waals surface area contributed by atoms with E-state index in [2.05, 4.69) is 17.3 Å². The Hall–Kier alpha value is -0.120. The van der Waals surface area contributed by atoms with Crippen LogP contribution in [0.15, 0.2) is 0 Å². The molecular formula is C12H28N2O. The minimum absolute atomic E-state index is 0.160. The number of hydrogen-bond acceptors (Lipinski definition) is 3. The van der Waals surface area contributed by atoms with E-state index in [1.165, 1.54) is 13.0 Å². The van der Waals surface area contributed by atoms with Crippen LogP contribution in [0.2, 0.25) is 0 Å². The summed E-state index contributed by atoms with van der Waals surface area (Å²) in [5.74, 6) is 0. The molecule has 1 unspecified atom stereocenters. The molecule has 2 heterocycles. The molecule has 2 aliphatic heterocycles. The summed E-state index contributed by atoms with van der Waals surface area (Å²) in [6, 6.07) is 0. The Morgan fingerprint density at radius 3 is 2.27 bits per heavy atom. The van der Waals surface area contributed by atoms with Crippen molar-refractivity contribution < 1.29 is 4.74 Å². The highest BCUT2D eigenvalue weighted by molar-refractivity contribution is 4.94. The number of likely N-dealkylation sites (N-methyl/N-ethyl adjacent to an activating group) is 1. The first-order valence-corrected chi connectivity index (χ1v) is 6.34. The van der Waals surface area contributed by atoms with Gasteiger partial charge in [-0.05, 0) is 13.5 Å². The van der Waals surface area contributed by atoms with Crippen LogP contribution < -0.4 is 5.32 Å². The molecule has 1 atom stereocenters. The first-order chi connectivity index (χ1) is 7.31. The maximum Gasteiger partial charge on any atom is 0.0944 e. The van der Waals surface area contributed by atoms with Gasteiger partial charge < -0.3 is 15.0 Å². The lowest BCUT2D eigenvalue weighted by atomic mass is 10.0. The van der Waals surface area contributed by atoms with E-state index in [0.29, 0.717) is 0 Å².